The summed E-state index contributed by atoms with van der Waals surface area (Å²) >= 11 is 35.6. The molecule has 0 amide bonds. The van der Waals surface area contributed by atoms with Crippen molar-refractivity contribution in [3.8, 4) is 0 Å². The van der Waals surface area contributed by atoms with E-state index in [1.807, 2.05) is 84.9 Å². The van der Waals surface area contributed by atoms with Gasteiger partial charge in [0.15, 0.2) is 0 Å². The zero-order chi connectivity index (χ0) is 32.3. The smallest absolute Gasteiger partial charge is 0.110 e. The Hall–Kier alpha value is -3.33. The second-order valence-electron chi connectivity index (χ2n) is 10.4. The number of allylic oxidation sites excluding steroid dienone is 2. The summed E-state index contributed by atoms with van der Waals surface area (Å²) in [4.78, 5) is 2.98. The molecule has 222 valence electrons. The average molecular weight is 739 g/mol. The number of nitrogens with two attached hydrogens (primary N) is 1. The van der Waals surface area contributed by atoms with Crippen molar-refractivity contribution in [2.24, 2.45) is 14.5 Å². The van der Waals surface area contributed by atoms with Gasteiger partial charge in [0.1, 0.15) is 11.4 Å². The number of nitrogens with one attached hydrogen (secondary N) is 1. The molecule has 0 aliphatic heterocycles. The SMILES string of the molecule is N=C1C(/C=c2\ccc(=C3C(=S)c4ccccc4C3=S)s2)=C(N=S)C(N)=C(/C=c2\ccc(=C3C(=S)c4ccccc4C3=S)s2)/C1=N/S. The minimum absolute atomic E-state index is 0.112. The van der Waals surface area contributed by atoms with E-state index >= 15 is 0 Å². The number of fused-ring (bicyclic) bond motifs is 2. The number of hydrogen-bond donors (Lipinski definition) is 3. The van der Waals surface area contributed by atoms with Crippen molar-refractivity contribution < 1.29 is 0 Å². The monoisotopic (exact) mass is 738 g/mol. The third kappa shape index (κ3) is 5.04. The van der Waals surface area contributed by atoms with Crippen molar-refractivity contribution >= 4 is 151 Å². The van der Waals surface area contributed by atoms with Crippen LogP contribution in [0.5, 0.6) is 0 Å². The van der Waals surface area contributed by atoms with E-state index in [4.69, 9.17) is 72.4 Å². The van der Waals surface area contributed by atoms with E-state index in [-0.39, 0.29) is 5.71 Å². The molecule has 0 bridgehead atoms. The van der Waals surface area contributed by atoms with E-state index in [1.165, 1.54) is 22.7 Å². The summed E-state index contributed by atoms with van der Waals surface area (Å²) in [5.74, 6) is 0. The van der Waals surface area contributed by atoms with Gasteiger partial charge in [-0.05, 0) is 49.2 Å². The van der Waals surface area contributed by atoms with Gasteiger partial charge in [-0.15, -0.1) is 22.7 Å². The van der Waals surface area contributed by atoms with Crippen molar-refractivity contribution in [1.29, 1.82) is 5.41 Å². The highest BCUT2D eigenvalue weighted by atomic mass is 32.1. The second kappa shape index (κ2) is 12.4. The lowest BCUT2D eigenvalue weighted by atomic mass is 9.89. The quantitative estimate of drug-likeness (QED) is 0.153. The normalized spacial score (nSPS) is 18.1. The van der Waals surface area contributed by atoms with Gasteiger partial charge >= 0.3 is 0 Å². The summed E-state index contributed by atoms with van der Waals surface area (Å²) < 4.78 is 11.9. The fourth-order valence-electron chi connectivity index (χ4n) is 5.63. The van der Waals surface area contributed by atoms with Crippen LogP contribution in [-0.4, -0.2) is 30.9 Å². The fourth-order valence-corrected chi connectivity index (χ4v) is 10.0. The first-order chi connectivity index (χ1) is 22.2. The van der Waals surface area contributed by atoms with Crippen molar-refractivity contribution in [3.05, 3.63) is 136 Å². The van der Waals surface area contributed by atoms with Crippen molar-refractivity contribution in [2.75, 3.05) is 0 Å². The molecule has 0 unspecified atom stereocenters. The largest absolute Gasteiger partial charge is 0.396 e. The highest BCUT2D eigenvalue weighted by molar-refractivity contribution is 7.85. The Morgan fingerprint density at radius 3 is 1.46 bits per heavy atom. The summed E-state index contributed by atoms with van der Waals surface area (Å²) in [6, 6.07) is 23.8. The Labute approximate surface area is 304 Å². The van der Waals surface area contributed by atoms with E-state index in [2.05, 4.69) is 21.6 Å². The van der Waals surface area contributed by atoms with Gasteiger partial charge in [0.2, 0.25) is 0 Å². The maximum absolute atomic E-state index is 9.10. The van der Waals surface area contributed by atoms with Crippen LogP contribution in [0.4, 0.5) is 0 Å². The topological polar surface area (TPSA) is 74.6 Å². The van der Waals surface area contributed by atoms with Gasteiger partial charge in [0.25, 0.3) is 0 Å². The predicted molar refractivity (Wildman–Crippen MR) is 215 cm³/mol. The third-order valence-electron chi connectivity index (χ3n) is 7.81. The van der Waals surface area contributed by atoms with Crippen molar-refractivity contribution in [2.45, 2.75) is 0 Å². The van der Waals surface area contributed by atoms with Crippen LogP contribution in [0.25, 0.3) is 23.3 Å². The molecule has 0 radical (unpaired) electrons. The average Bonchev–Trinajstić information content (AvgIpc) is 3.83. The predicted octanol–water partition coefficient (Wildman–Crippen LogP) is 5.19. The lowest BCUT2D eigenvalue weighted by Gasteiger charge is -2.20. The van der Waals surface area contributed by atoms with Gasteiger partial charge in [-0.2, -0.15) is 4.36 Å². The molecule has 2 aromatic heterocycles. The van der Waals surface area contributed by atoms with Crippen LogP contribution in [-0.2, 0) is 12.4 Å². The van der Waals surface area contributed by atoms with Crippen LogP contribution in [0.2, 0.25) is 0 Å². The van der Waals surface area contributed by atoms with Crippen LogP contribution in [0.15, 0.2) is 104 Å². The molecular weight excluding hydrogens is 721 g/mol. The number of benzene rings is 2. The van der Waals surface area contributed by atoms with Crippen LogP contribution in [0, 0.1) is 5.41 Å². The van der Waals surface area contributed by atoms with E-state index in [0.717, 1.165) is 71.0 Å². The molecule has 3 aliphatic rings. The number of thiocarbonyl (C=S) groups is 4. The first-order valence-electron chi connectivity index (χ1n) is 13.6. The number of thiophene rings is 2. The van der Waals surface area contributed by atoms with Gasteiger partial charge < -0.3 is 5.73 Å². The lowest BCUT2D eigenvalue weighted by Crippen LogP contribution is -2.27. The Morgan fingerprint density at radius 1 is 0.652 bits per heavy atom. The molecule has 2 aromatic carbocycles. The molecule has 0 fully saturated rings. The highest BCUT2D eigenvalue weighted by Crippen LogP contribution is 2.31. The van der Waals surface area contributed by atoms with Gasteiger partial charge in [0, 0.05) is 75.1 Å². The zero-order valence-electron chi connectivity index (χ0n) is 23.4. The van der Waals surface area contributed by atoms with Crippen LogP contribution in [0.3, 0.4) is 0 Å². The summed E-state index contributed by atoms with van der Waals surface area (Å²) in [6.45, 7) is 0. The third-order valence-corrected chi connectivity index (χ3v) is 12.0. The number of thiol groups is 1. The molecule has 3 N–H and O–H groups in total. The van der Waals surface area contributed by atoms with Gasteiger partial charge in [-0.25, -0.2) is 4.40 Å². The summed E-state index contributed by atoms with van der Waals surface area (Å²) in [5.41, 5.74) is 14.4. The summed E-state index contributed by atoms with van der Waals surface area (Å²) in [7, 11) is 0. The molecule has 12 heteroatoms. The maximum atomic E-state index is 9.10. The van der Waals surface area contributed by atoms with E-state index < -0.39 is 0 Å². The first kappa shape index (κ1) is 31.3. The molecule has 0 saturated carbocycles. The van der Waals surface area contributed by atoms with Crippen LogP contribution >= 0.6 is 84.4 Å². The Morgan fingerprint density at radius 2 is 1.07 bits per heavy atom. The van der Waals surface area contributed by atoms with Crippen LogP contribution in [0.1, 0.15) is 22.3 Å². The van der Waals surface area contributed by atoms with Gasteiger partial charge in [-0.1, -0.05) is 97.4 Å². The Kier molecular flexibility index (Phi) is 8.41. The van der Waals surface area contributed by atoms with E-state index in [0.29, 0.717) is 28.3 Å². The minimum atomic E-state index is 0.112. The van der Waals surface area contributed by atoms with E-state index in [9.17, 15) is 0 Å². The first-order valence-corrected chi connectivity index (χ1v) is 17.7. The number of hydrogen-bond acceptors (Lipinski definition) is 12. The molecule has 7 rings (SSSR count). The lowest BCUT2D eigenvalue weighted by molar-refractivity contribution is 1.23. The second-order valence-corrected chi connectivity index (χ2v) is 14.6. The molecule has 46 heavy (non-hydrogen) atoms. The highest BCUT2D eigenvalue weighted by Gasteiger charge is 2.30. The molecule has 0 atom stereocenters. The Bertz CT molecular complexity index is 2430. The molecule has 0 spiro atoms. The summed E-state index contributed by atoms with van der Waals surface area (Å²) in [6.07, 6.45) is 3.72. The minimum Gasteiger partial charge on any atom is -0.396 e. The standard InChI is InChI=1S/C34H18N4S8/c35-27-21(13-15-9-11-23(45-15)25-31(39)17-5-1-2-6-18(17)32(25)40)29(37-43)28(36)22(30(27)38-44)14-16-10-12-24(46-16)26-33(41)19-7-3-4-8-20(19)34(26)42/h1-14,35,44H,36H2/b15-13+,16-14+,35-27?,38-30-. The molecule has 4 nitrogen and oxygen atoms in total. The summed E-state index contributed by atoms with van der Waals surface area (Å²) in [5, 5.41) is 9.10. The van der Waals surface area contributed by atoms with Gasteiger partial charge in [0.05, 0.1) is 30.9 Å². The Balaban J connectivity index is 1.33. The van der Waals surface area contributed by atoms with Crippen LogP contribution < -0.4 is 23.9 Å². The molecule has 4 aromatic rings. The maximum Gasteiger partial charge on any atom is 0.110 e. The molecule has 3 aliphatic carbocycles. The van der Waals surface area contributed by atoms with Crippen molar-refractivity contribution in [1.82, 2.24) is 0 Å². The van der Waals surface area contributed by atoms with Gasteiger partial charge in [-0.3, -0.25) is 5.41 Å². The van der Waals surface area contributed by atoms with E-state index in [1.54, 1.807) is 0 Å². The molecule has 2 heterocycles. The zero-order valence-corrected chi connectivity index (χ0v) is 30.0. The van der Waals surface area contributed by atoms with Crippen molar-refractivity contribution in [3.63, 3.8) is 0 Å². The number of rotatable bonds is 3. The number of nitrogens with zero attached hydrogens (tertiary/aromatic N) is 2. The fraction of sp³-hybridized carbons (Fsp3) is 0. The molecule has 0 saturated heterocycles. The molecular formula is C34H18N4S8.